The maximum atomic E-state index is 12.8. The van der Waals surface area contributed by atoms with E-state index < -0.39 is 5.91 Å². The van der Waals surface area contributed by atoms with Gasteiger partial charge >= 0.3 is 0 Å². The van der Waals surface area contributed by atoms with Gasteiger partial charge in [-0.2, -0.15) is 10.5 Å². The van der Waals surface area contributed by atoms with Gasteiger partial charge in [-0.05, 0) is 59.7 Å². The summed E-state index contributed by atoms with van der Waals surface area (Å²) in [5, 5.41) is 21.9. The van der Waals surface area contributed by atoms with E-state index in [-0.39, 0.29) is 23.0 Å². The molecule has 0 heterocycles. The van der Waals surface area contributed by atoms with Crippen LogP contribution in [0.25, 0.3) is 6.08 Å². The van der Waals surface area contributed by atoms with Crippen LogP contribution in [0.1, 0.15) is 22.3 Å². The number of ether oxygens (including phenoxy) is 3. The minimum absolute atomic E-state index is 0.108. The second-order valence-electron chi connectivity index (χ2n) is 8.51. The predicted octanol–water partition coefficient (Wildman–Crippen LogP) is 6.92. The summed E-state index contributed by atoms with van der Waals surface area (Å²) in [4.78, 5) is 12.8. The third kappa shape index (κ3) is 7.20. The van der Waals surface area contributed by atoms with Crippen molar-refractivity contribution < 1.29 is 19.0 Å². The lowest BCUT2D eigenvalue weighted by atomic mass is 10.1. The molecule has 0 saturated carbocycles. The second-order valence-corrected chi connectivity index (χ2v) is 8.92. The molecule has 0 aliphatic heterocycles. The Morgan fingerprint density at radius 2 is 1.65 bits per heavy atom. The molecule has 0 unspecified atom stereocenters. The zero-order chi connectivity index (χ0) is 28.3. The van der Waals surface area contributed by atoms with Crippen molar-refractivity contribution in [3.8, 4) is 29.4 Å². The zero-order valence-electron chi connectivity index (χ0n) is 21.6. The van der Waals surface area contributed by atoms with Crippen molar-refractivity contribution in [1.82, 2.24) is 0 Å². The van der Waals surface area contributed by atoms with Gasteiger partial charge in [-0.25, -0.2) is 0 Å². The molecule has 0 aliphatic carbocycles. The minimum atomic E-state index is -0.580. The largest absolute Gasteiger partial charge is 0.493 e. The van der Waals surface area contributed by atoms with Crippen molar-refractivity contribution in [2.24, 2.45) is 0 Å². The topological polar surface area (TPSA) is 104 Å². The van der Waals surface area contributed by atoms with E-state index in [0.29, 0.717) is 40.5 Å². The molecule has 7 nitrogen and oxygen atoms in total. The fraction of sp³-hybridized carbons (Fsp3) is 0.0938. The molecule has 1 amide bonds. The van der Waals surface area contributed by atoms with Crippen molar-refractivity contribution in [3.05, 3.63) is 124 Å². The number of amides is 1. The van der Waals surface area contributed by atoms with E-state index in [2.05, 4.69) is 11.4 Å². The summed E-state index contributed by atoms with van der Waals surface area (Å²) in [6, 6.07) is 31.0. The number of hydrogen-bond donors (Lipinski definition) is 1. The van der Waals surface area contributed by atoms with Gasteiger partial charge in [0.2, 0.25) is 0 Å². The molecule has 0 bridgehead atoms. The van der Waals surface area contributed by atoms with Crippen LogP contribution in [0.4, 0.5) is 5.69 Å². The first-order chi connectivity index (χ1) is 19.5. The van der Waals surface area contributed by atoms with Gasteiger partial charge in [0, 0.05) is 11.3 Å². The summed E-state index contributed by atoms with van der Waals surface area (Å²) in [6.45, 7) is 0.536. The summed E-state index contributed by atoms with van der Waals surface area (Å²) in [6.07, 6.45) is 1.41. The summed E-state index contributed by atoms with van der Waals surface area (Å²) in [7, 11) is 1.46. The van der Waals surface area contributed by atoms with E-state index in [9.17, 15) is 15.3 Å². The number of benzene rings is 4. The van der Waals surface area contributed by atoms with E-state index in [1.807, 2.05) is 42.5 Å². The molecule has 0 fully saturated rings. The lowest BCUT2D eigenvalue weighted by Gasteiger charge is -2.14. The Morgan fingerprint density at radius 1 is 0.925 bits per heavy atom. The quantitative estimate of drug-likeness (QED) is 0.170. The van der Waals surface area contributed by atoms with E-state index in [1.54, 1.807) is 54.6 Å². The number of rotatable bonds is 10. The molecule has 40 heavy (non-hydrogen) atoms. The first-order valence-corrected chi connectivity index (χ1v) is 12.6. The minimum Gasteiger partial charge on any atom is -0.493 e. The van der Waals surface area contributed by atoms with Crippen molar-refractivity contribution in [3.63, 3.8) is 0 Å². The first kappa shape index (κ1) is 27.8. The van der Waals surface area contributed by atoms with E-state index in [4.69, 9.17) is 25.8 Å². The van der Waals surface area contributed by atoms with Crippen LogP contribution >= 0.6 is 11.6 Å². The normalized spacial score (nSPS) is 10.7. The maximum absolute atomic E-state index is 12.8. The Labute approximate surface area is 237 Å². The number of hydrogen-bond acceptors (Lipinski definition) is 6. The van der Waals surface area contributed by atoms with E-state index in [1.165, 1.54) is 13.2 Å². The number of carbonyl (C=O) groups is 1. The summed E-state index contributed by atoms with van der Waals surface area (Å²) < 4.78 is 17.1. The predicted molar refractivity (Wildman–Crippen MR) is 153 cm³/mol. The number of nitrogens with one attached hydrogen (secondary N) is 1. The lowest BCUT2D eigenvalue weighted by Crippen LogP contribution is -2.13. The van der Waals surface area contributed by atoms with Gasteiger partial charge in [-0.3, -0.25) is 4.79 Å². The molecule has 0 atom stereocenters. The number of nitriles is 2. The van der Waals surface area contributed by atoms with Crippen LogP contribution < -0.4 is 19.5 Å². The molecule has 4 rings (SSSR count). The molecule has 198 valence electrons. The Morgan fingerprint density at radius 3 is 2.35 bits per heavy atom. The van der Waals surface area contributed by atoms with Gasteiger partial charge in [0.1, 0.15) is 30.6 Å². The van der Waals surface area contributed by atoms with Crippen LogP contribution in [0.5, 0.6) is 17.2 Å². The van der Waals surface area contributed by atoms with Gasteiger partial charge < -0.3 is 19.5 Å². The third-order valence-corrected chi connectivity index (χ3v) is 6.08. The number of nitrogens with zero attached hydrogens (tertiary/aromatic N) is 2. The Balaban J connectivity index is 1.44. The number of methoxy groups -OCH3 is 1. The van der Waals surface area contributed by atoms with E-state index in [0.717, 1.165) is 5.56 Å². The third-order valence-electron chi connectivity index (χ3n) is 5.80. The van der Waals surface area contributed by atoms with Gasteiger partial charge in [-0.1, -0.05) is 60.1 Å². The summed E-state index contributed by atoms with van der Waals surface area (Å²) >= 11 is 6.47. The molecule has 0 spiro atoms. The molecule has 0 saturated heterocycles. The highest BCUT2D eigenvalue weighted by atomic mass is 35.5. The number of anilines is 1. The standard InChI is InChI=1S/C32H24ClN3O4/c1-38-30-17-23(16-29(33)31(30)40-21-25-10-6-5-9-24(25)18-34)15-26(19-35)32(37)36-27-11-13-28(14-12-27)39-20-22-7-3-2-4-8-22/h2-17H,20-21H2,1H3,(H,36,37)/b26-15+. The van der Waals surface area contributed by atoms with Crippen LogP contribution in [0, 0.1) is 22.7 Å². The van der Waals surface area contributed by atoms with Crippen molar-refractivity contribution >= 4 is 29.3 Å². The average Bonchev–Trinajstić information content (AvgIpc) is 2.99. The van der Waals surface area contributed by atoms with Crippen LogP contribution in [0.2, 0.25) is 5.02 Å². The second kappa shape index (κ2) is 13.5. The first-order valence-electron chi connectivity index (χ1n) is 12.2. The average molecular weight is 550 g/mol. The van der Waals surface area contributed by atoms with Crippen molar-refractivity contribution in [2.75, 3.05) is 12.4 Å². The van der Waals surface area contributed by atoms with Crippen molar-refractivity contribution in [1.29, 1.82) is 10.5 Å². The van der Waals surface area contributed by atoms with Crippen LogP contribution in [0.3, 0.4) is 0 Å². The Hall–Kier alpha value is -5.24. The molecular formula is C32H24ClN3O4. The molecule has 0 aromatic heterocycles. The zero-order valence-corrected chi connectivity index (χ0v) is 22.3. The molecule has 4 aromatic rings. The van der Waals surface area contributed by atoms with E-state index >= 15 is 0 Å². The molecule has 0 aliphatic rings. The highest BCUT2D eigenvalue weighted by Crippen LogP contribution is 2.37. The highest BCUT2D eigenvalue weighted by molar-refractivity contribution is 6.32. The molecule has 8 heteroatoms. The monoisotopic (exact) mass is 549 g/mol. The molecule has 0 radical (unpaired) electrons. The lowest BCUT2D eigenvalue weighted by molar-refractivity contribution is -0.112. The fourth-order valence-electron chi connectivity index (χ4n) is 3.76. The number of halogens is 1. The smallest absolute Gasteiger partial charge is 0.266 e. The Bertz CT molecular complexity index is 1600. The molecule has 4 aromatic carbocycles. The van der Waals surface area contributed by atoms with Gasteiger partial charge in [-0.15, -0.1) is 0 Å². The van der Waals surface area contributed by atoms with Gasteiger partial charge in [0.15, 0.2) is 11.5 Å². The summed E-state index contributed by atoms with van der Waals surface area (Å²) in [5.41, 5.74) is 3.10. The molecular weight excluding hydrogens is 526 g/mol. The molecule has 1 N–H and O–H groups in total. The highest BCUT2D eigenvalue weighted by Gasteiger charge is 2.15. The van der Waals surface area contributed by atoms with Crippen LogP contribution in [-0.2, 0) is 18.0 Å². The van der Waals surface area contributed by atoms with Crippen LogP contribution in [0.15, 0.2) is 96.6 Å². The van der Waals surface area contributed by atoms with Gasteiger partial charge in [0.05, 0.1) is 23.8 Å². The number of carbonyl (C=O) groups excluding carboxylic acids is 1. The van der Waals surface area contributed by atoms with Crippen molar-refractivity contribution in [2.45, 2.75) is 13.2 Å². The summed E-state index contributed by atoms with van der Waals surface area (Å²) in [5.74, 6) is 0.672. The Kier molecular flexibility index (Phi) is 9.39. The maximum Gasteiger partial charge on any atom is 0.266 e. The van der Waals surface area contributed by atoms with Crippen LogP contribution in [-0.4, -0.2) is 13.0 Å². The SMILES string of the molecule is COc1cc(/C=C(\C#N)C(=O)Nc2ccc(OCc3ccccc3)cc2)cc(Cl)c1OCc1ccccc1C#N. The fourth-order valence-corrected chi connectivity index (χ4v) is 4.03. The van der Waals surface area contributed by atoms with Gasteiger partial charge in [0.25, 0.3) is 5.91 Å².